The summed E-state index contributed by atoms with van der Waals surface area (Å²) < 4.78 is 7.10. The van der Waals surface area contributed by atoms with Crippen molar-refractivity contribution in [2.24, 2.45) is 5.92 Å². The molecule has 0 aliphatic rings. The summed E-state index contributed by atoms with van der Waals surface area (Å²) >= 11 is 3.07. The summed E-state index contributed by atoms with van der Waals surface area (Å²) in [4.78, 5) is 22.0. The van der Waals surface area contributed by atoms with Gasteiger partial charge in [-0.2, -0.15) is 4.68 Å². The molecule has 2 aromatic heterocycles. The van der Waals surface area contributed by atoms with Crippen LogP contribution in [0.2, 0.25) is 0 Å². The lowest BCUT2D eigenvalue weighted by atomic mass is 10.2. The van der Waals surface area contributed by atoms with Crippen LogP contribution in [0.3, 0.4) is 0 Å². The van der Waals surface area contributed by atoms with E-state index < -0.39 is 4.92 Å². The minimum absolute atomic E-state index is 0.198. The fourth-order valence-corrected chi connectivity index (χ4v) is 2.18. The number of nitrogens with zero attached hydrogens (tertiary/aromatic N) is 3. The van der Waals surface area contributed by atoms with Crippen LogP contribution in [-0.4, -0.2) is 27.2 Å². The van der Waals surface area contributed by atoms with Gasteiger partial charge in [0.15, 0.2) is 5.76 Å². The van der Waals surface area contributed by atoms with Gasteiger partial charge in [0.1, 0.15) is 16.8 Å². The third-order valence-electron chi connectivity index (χ3n) is 2.75. The number of nitrogens with one attached hydrogen (secondary N) is 1. The molecule has 0 saturated carbocycles. The molecule has 0 aromatic carbocycles. The van der Waals surface area contributed by atoms with E-state index in [2.05, 4.69) is 26.3 Å². The van der Waals surface area contributed by atoms with Crippen LogP contribution < -0.4 is 5.32 Å². The molecule has 2 heterocycles. The number of nitro groups is 1. The second kappa shape index (κ2) is 6.73. The molecule has 0 radical (unpaired) electrons. The van der Waals surface area contributed by atoms with Crippen LogP contribution in [0.4, 0.5) is 5.82 Å². The highest BCUT2D eigenvalue weighted by Crippen LogP contribution is 2.22. The average Bonchev–Trinajstić information content (AvgIpc) is 3.03. The standard InChI is InChI=1S/C13H15BrN4O4/c1-8(2)5-15-13(19)11-4-3-9(22-11)6-17-7-10(14)12(16-17)18(20)21/h3-4,7-8H,5-6H2,1-2H3,(H,15,19). The number of amides is 1. The van der Waals surface area contributed by atoms with Crippen LogP contribution in [-0.2, 0) is 6.54 Å². The van der Waals surface area contributed by atoms with Gasteiger partial charge in [-0.1, -0.05) is 13.8 Å². The minimum Gasteiger partial charge on any atom is -0.454 e. The van der Waals surface area contributed by atoms with Crippen LogP contribution in [0.1, 0.15) is 30.2 Å². The van der Waals surface area contributed by atoms with Crippen molar-refractivity contribution in [2.45, 2.75) is 20.4 Å². The van der Waals surface area contributed by atoms with E-state index in [-0.39, 0.29) is 24.0 Å². The Morgan fingerprint density at radius 3 is 2.86 bits per heavy atom. The molecule has 0 aliphatic carbocycles. The van der Waals surface area contributed by atoms with E-state index in [0.29, 0.717) is 22.7 Å². The lowest BCUT2D eigenvalue weighted by Crippen LogP contribution is -2.26. The topological polar surface area (TPSA) is 103 Å². The summed E-state index contributed by atoms with van der Waals surface area (Å²) in [6.07, 6.45) is 1.49. The molecule has 0 bridgehead atoms. The van der Waals surface area contributed by atoms with Crippen molar-refractivity contribution in [3.05, 3.63) is 44.4 Å². The van der Waals surface area contributed by atoms with E-state index in [9.17, 15) is 14.9 Å². The Morgan fingerprint density at radius 1 is 1.55 bits per heavy atom. The number of aromatic nitrogens is 2. The van der Waals surface area contributed by atoms with E-state index in [1.165, 1.54) is 10.9 Å². The van der Waals surface area contributed by atoms with E-state index in [0.717, 1.165) is 0 Å². The fourth-order valence-electron chi connectivity index (χ4n) is 1.72. The molecule has 1 N–H and O–H groups in total. The zero-order valence-electron chi connectivity index (χ0n) is 12.1. The van der Waals surface area contributed by atoms with Gasteiger partial charge >= 0.3 is 5.82 Å². The lowest BCUT2D eigenvalue weighted by molar-refractivity contribution is -0.390. The maximum atomic E-state index is 11.8. The van der Waals surface area contributed by atoms with Gasteiger partial charge in [-0.3, -0.25) is 4.79 Å². The molecule has 2 rings (SSSR count). The highest BCUT2D eigenvalue weighted by atomic mass is 79.9. The van der Waals surface area contributed by atoms with Gasteiger partial charge in [0.25, 0.3) is 5.91 Å². The predicted octanol–water partition coefficient (Wildman–Crippen LogP) is 2.58. The fraction of sp³-hybridized carbons (Fsp3) is 0.385. The smallest absolute Gasteiger partial charge is 0.404 e. The van der Waals surface area contributed by atoms with Crippen LogP contribution in [0.15, 0.2) is 27.2 Å². The summed E-state index contributed by atoms with van der Waals surface area (Å²) in [5.74, 6) is 0.491. The molecule has 118 valence electrons. The van der Waals surface area contributed by atoms with Crippen molar-refractivity contribution < 1.29 is 14.1 Å². The maximum absolute atomic E-state index is 11.8. The van der Waals surface area contributed by atoms with Gasteiger partial charge in [0, 0.05) is 6.54 Å². The van der Waals surface area contributed by atoms with E-state index in [4.69, 9.17) is 4.42 Å². The second-order valence-electron chi connectivity index (χ2n) is 5.13. The molecule has 9 heteroatoms. The van der Waals surface area contributed by atoms with Crippen molar-refractivity contribution in [1.29, 1.82) is 0 Å². The maximum Gasteiger partial charge on any atom is 0.404 e. The Morgan fingerprint density at radius 2 is 2.27 bits per heavy atom. The Bertz CT molecular complexity index is 692. The first-order valence-corrected chi connectivity index (χ1v) is 7.40. The highest BCUT2D eigenvalue weighted by molar-refractivity contribution is 9.10. The highest BCUT2D eigenvalue weighted by Gasteiger charge is 2.19. The number of carbonyl (C=O) groups excluding carboxylic acids is 1. The van der Waals surface area contributed by atoms with Gasteiger partial charge in [-0.15, -0.1) is 0 Å². The zero-order chi connectivity index (χ0) is 16.3. The van der Waals surface area contributed by atoms with Crippen molar-refractivity contribution in [3.8, 4) is 0 Å². The number of furan rings is 1. The molecule has 2 aromatic rings. The quantitative estimate of drug-likeness (QED) is 0.621. The molecule has 0 fully saturated rings. The van der Waals surface area contributed by atoms with Gasteiger partial charge in [-0.05, 0) is 38.9 Å². The normalized spacial score (nSPS) is 10.9. The van der Waals surface area contributed by atoms with E-state index in [1.807, 2.05) is 13.8 Å². The summed E-state index contributed by atoms with van der Waals surface area (Å²) in [7, 11) is 0. The SMILES string of the molecule is CC(C)CNC(=O)c1ccc(Cn2cc(Br)c([N+](=O)[O-])n2)o1. The predicted molar refractivity (Wildman–Crippen MR) is 81.6 cm³/mol. The first-order valence-electron chi connectivity index (χ1n) is 6.61. The van der Waals surface area contributed by atoms with Gasteiger partial charge in [0.2, 0.25) is 0 Å². The third kappa shape index (κ3) is 3.94. The van der Waals surface area contributed by atoms with Crippen molar-refractivity contribution in [3.63, 3.8) is 0 Å². The number of hydrogen-bond donors (Lipinski definition) is 1. The van der Waals surface area contributed by atoms with Gasteiger partial charge in [0.05, 0.1) is 11.3 Å². The van der Waals surface area contributed by atoms with E-state index in [1.54, 1.807) is 12.1 Å². The Labute approximate surface area is 134 Å². The zero-order valence-corrected chi connectivity index (χ0v) is 13.7. The molecule has 0 unspecified atom stereocenters. The Hall–Kier alpha value is -2.16. The first kappa shape index (κ1) is 16.2. The van der Waals surface area contributed by atoms with Crippen LogP contribution in [0.5, 0.6) is 0 Å². The number of rotatable bonds is 6. The molecule has 22 heavy (non-hydrogen) atoms. The summed E-state index contributed by atoms with van der Waals surface area (Å²) in [6, 6.07) is 3.21. The van der Waals surface area contributed by atoms with Crippen molar-refractivity contribution in [1.82, 2.24) is 15.1 Å². The van der Waals surface area contributed by atoms with Gasteiger partial charge in [-0.25, -0.2) is 0 Å². The molecular weight excluding hydrogens is 356 g/mol. The molecule has 0 aliphatic heterocycles. The first-order chi connectivity index (χ1) is 10.4. The summed E-state index contributed by atoms with van der Waals surface area (Å²) in [5, 5.41) is 17.3. The number of hydrogen-bond acceptors (Lipinski definition) is 5. The van der Waals surface area contributed by atoms with Crippen molar-refractivity contribution in [2.75, 3.05) is 6.54 Å². The summed E-state index contributed by atoms with van der Waals surface area (Å²) in [6.45, 7) is 4.75. The molecule has 0 saturated heterocycles. The molecule has 0 spiro atoms. The molecule has 8 nitrogen and oxygen atoms in total. The monoisotopic (exact) mass is 370 g/mol. The number of halogens is 1. The Kier molecular flexibility index (Phi) is 4.96. The average molecular weight is 371 g/mol. The van der Waals surface area contributed by atoms with Gasteiger partial charge < -0.3 is 19.8 Å². The Balaban J connectivity index is 2.04. The third-order valence-corrected chi connectivity index (χ3v) is 3.31. The van der Waals surface area contributed by atoms with Crippen LogP contribution in [0, 0.1) is 16.0 Å². The largest absolute Gasteiger partial charge is 0.454 e. The van der Waals surface area contributed by atoms with Crippen molar-refractivity contribution >= 4 is 27.7 Å². The number of carbonyl (C=O) groups is 1. The van der Waals surface area contributed by atoms with Crippen LogP contribution in [0.25, 0.3) is 0 Å². The minimum atomic E-state index is -0.576. The summed E-state index contributed by atoms with van der Waals surface area (Å²) in [5.41, 5.74) is 0. The van der Waals surface area contributed by atoms with Crippen LogP contribution >= 0.6 is 15.9 Å². The molecule has 1 amide bonds. The second-order valence-corrected chi connectivity index (χ2v) is 5.98. The lowest BCUT2D eigenvalue weighted by Gasteiger charge is -2.05. The molecular formula is C13H15BrN4O4. The molecule has 0 atom stereocenters. The van der Waals surface area contributed by atoms with E-state index >= 15 is 0 Å².